The summed E-state index contributed by atoms with van der Waals surface area (Å²) in [5.74, 6) is 0. The molecule has 1 aliphatic rings. The third-order valence-corrected chi connectivity index (χ3v) is 12.2. The predicted octanol–water partition coefficient (Wildman–Crippen LogP) is 12.8. The number of hydrogen-bond donors (Lipinski definition) is 3. The molecule has 2 atom stereocenters. The first-order valence-corrected chi connectivity index (χ1v) is 20.0. The van der Waals surface area contributed by atoms with Crippen molar-refractivity contribution >= 4 is 32.3 Å². The number of fused-ring (bicyclic) bond motifs is 7. The molecule has 0 bridgehead atoms. The molecule has 0 saturated heterocycles. The Bertz CT molecular complexity index is 2940. The Balaban J connectivity index is 1.14. The van der Waals surface area contributed by atoms with Crippen LogP contribution in [0.25, 0.3) is 65.7 Å². The van der Waals surface area contributed by atoms with Crippen LogP contribution in [0, 0.1) is 0 Å². The Kier molecular flexibility index (Phi) is 8.80. The molecule has 9 aromatic rings. The highest BCUT2D eigenvalue weighted by Gasteiger charge is 2.37. The molecule has 3 nitrogen and oxygen atoms in total. The van der Waals surface area contributed by atoms with E-state index in [4.69, 9.17) is 5.73 Å². The quantitative estimate of drug-likeness (QED) is 0.0786. The molecule has 0 heterocycles. The van der Waals surface area contributed by atoms with Crippen molar-refractivity contribution in [3.8, 4) is 33.4 Å². The summed E-state index contributed by atoms with van der Waals surface area (Å²) in [7, 11) is 0. The van der Waals surface area contributed by atoms with Crippen LogP contribution in [0.2, 0.25) is 0 Å². The predicted molar refractivity (Wildman–Crippen MR) is 240 cm³/mol. The zero-order chi connectivity index (χ0) is 38.5. The van der Waals surface area contributed by atoms with Gasteiger partial charge in [0.2, 0.25) is 0 Å². The second-order valence-electron chi connectivity index (χ2n) is 15.9. The Labute approximate surface area is 334 Å². The lowest BCUT2D eigenvalue weighted by atomic mass is 9.82. The maximum atomic E-state index is 7.42. The van der Waals surface area contributed by atoms with E-state index in [1.807, 2.05) is 0 Å². The fourth-order valence-corrected chi connectivity index (χ4v) is 9.44. The zero-order valence-corrected chi connectivity index (χ0v) is 32.3. The summed E-state index contributed by atoms with van der Waals surface area (Å²) in [6, 6.07) is 68.1. The molecule has 0 amide bonds. The summed E-state index contributed by atoms with van der Waals surface area (Å²) < 4.78 is 0. The average molecular weight is 736 g/mol. The monoisotopic (exact) mass is 735 g/mol. The molecule has 9 aromatic carbocycles. The number of nitrogens with one attached hydrogen (secondary N) is 2. The SMILES string of the molecule is CC1(C)c2ccccc2-c2c(C(N)NC(NCc3ccccc3-c3ccccc3)c3ccccc3-c3c4ccccc4cc4c3ccc3ccccc34)cccc21. The third-order valence-electron chi connectivity index (χ3n) is 12.2. The van der Waals surface area contributed by atoms with Crippen molar-refractivity contribution in [3.63, 3.8) is 0 Å². The largest absolute Gasteiger partial charge is 0.312 e. The maximum absolute atomic E-state index is 7.42. The fraction of sp³-hybridized carbons (Fsp3) is 0.111. The van der Waals surface area contributed by atoms with Crippen molar-refractivity contribution in [2.24, 2.45) is 5.73 Å². The lowest BCUT2D eigenvalue weighted by Gasteiger charge is -2.29. The molecular formula is C54H45N3. The lowest BCUT2D eigenvalue weighted by Crippen LogP contribution is -2.40. The van der Waals surface area contributed by atoms with E-state index >= 15 is 0 Å². The summed E-state index contributed by atoms with van der Waals surface area (Å²) in [6.07, 6.45) is -0.778. The van der Waals surface area contributed by atoms with Crippen LogP contribution in [0.3, 0.4) is 0 Å². The standard InChI is InChI=1S/C54H45N3/c1-54(2)48-29-15-14-27-45(48)51-46(28-16-30-49(51)54)52(55)57-53(56-34-38-21-8-9-22-39(38)35-17-4-3-5-18-35)44-26-13-12-25-42(44)50-41-24-11-7-20-37(41)33-47-40-23-10-6-19-36(40)31-32-43(47)50/h3-33,52-53,56-57H,34,55H2,1-2H3. The van der Waals surface area contributed by atoms with E-state index in [0.717, 1.165) is 11.1 Å². The van der Waals surface area contributed by atoms with Gasteiger partial charge in [0.25, 0.3) is 0 Å². The Morgan fingerprint density at radius 1 is 0.474 bits per heavy atom. The van der Waals surface area contributed by atoms with Crippen LogP contribution in [0.5, 0.6) is 0 Å². The summed E-state index contributed by atoms with van der Waals surface area (Å²) in [6.45, 7) is 5.28. The van der Waals surface area contributed by atoms with Crippen molar-refractivity contribution in [2.75, 3.05) is 0 Å². The minimum Gasteiger partial charge on any atom is -0.312 e. The molecule has 0 fully saturated rings. The summed E-state index contributed by atoms with van der Waals surface area (Å²) >= 11 is 0. The molecule has 0 aliphatic heterocycles. The highest BCUT2D eigenvalue weighted by atomic mass is 15.2. The van der Waals surface area contributed by atoms with Gasteiger partial charge in [-0.15, -0.1) is 0 Å². The molecule has 0 radical (unpaired) electrons. The van der Waals surface area contributed by atoms with Crippen LogP contribution in [-0.2, 0) is 12.0 Å². The molecule has 4 N–H and O–H groups in total. The van der Waals surface area contributed by atoms with Gasteiger partial charge in [-0.3, -0.25) is 10.6 Å². The molecule has 2 unspecified atom stereocenters. The summed E-state index contributed by atoms with van der Waals surface area (Å²) in [4.78, 5) is 0. The van der Waals surface area contributed by atoms with E-state index < -0.39 is 6.17 Å². The molecule has 0 saturated carbocycles. The minimum absolute atomic E-state index is 0.118. The molecule has 57 heavy (non-hydrogen) atoms. The fourth-order valence-electron chi connectivity index (χ4n) is 9.44. The molecule has 276 valence electrons. The second kappa shape index (κ2) is 14.3. The Morgan fingerprint density at radius 3 is 1.95 bits per heavy atom. The first-order chi connectivity index (χ1) is 28.0. The van der Waals surface area contributed by atoms with Gasteiger partial charge in [0.15, 0.2) is 0 Å². The van der Waals surface area contributed by atoms with Crippen LogP contribution in [0.4, 0.5) is 0 Å². The first-order valence-electron chi connectivity index (χ1n) is 20.0. The molecule has 0 spiro atoms. The van der Waals surface area contributed by atoms with Crippen molar-refractivity contribution in [2.45, 2.75) is 38.1 Å². The minimum atomic E-state index is -0.468. The van der Waals surface area contributed by atoms with Crippen molar-refractivity contribution in [1.82, 2.24) is 10.6 Å². The Hall–Kier alpha value is -6.36. The van der Waals surface area contributed by atoms with Crippen LogP contribution in [0.1, 0.15) is 54.0 Å². The molecular weight excluding hydrogens is 691 g/mol. The molecule has 1 aliphatic carbocycles. The highest BCUT2D eigenvalue weighted by molar-refractivity contribution is 6.20. The van der Waals surface area contributed by atoms with Gasteiger partial charge >= 0.3 is 0 Å². The molecule has 0 aromatic heterocycles. The van der Waals surface area contributed by atoms with E-state index in [9.17, 15) is 0 Å². The van der Waals surface area contributed by atoms with Crippen LogP contribution in [0.15, 0.2) is 188 Å². The molecule has 10 rings (SSSR count). The zero-order valence-electron chi connectivity index (χ0n) is 32.3. The number of hydrogen-bond acceptors (Lipinski definition) is 3. The molecule has 3 heteroatoms. The van der Waals surface area contributed by atoms with Crippen molar-refractivity contribution < 1.29 is 0 Å². The normalized spacial score (nSPS) is 14.1. The van der Waals surface area contributed by atoms with E-state index in [1.165, 1.54) is 82.4 Å². The van der Waals surface area contributed by atoms with Crippen LogP contribution >= 0.6 is 0 Å². The van der Waals surface area contributed by atoms with Gasteiger partial charge in [-0.2, -0.15) is 0 Å². The maximum Gasteiger partial charge on any atom is 0.0858 e. The smallest absolute Gasteiger partial charge is 0.0858 e. The average Bonchev–Trinajstić information content (AvgIpc) is 3.50. The highest BCUT2D eigenvalue weighted by Crippen LogP contribution is 2.51. The summed E-state index contributed by atoms with van der Waals surface area (Å²) in [5.41, 5.74) is 20.8. The van der Waals surface area contributed by atoms with E-state index in [2.05, 4.69) is 213 Å². The van der Waals surface area contributed by atoms with Gasteiger partial charge < -0.3 is 5.73 Å². The third kappa shape index (κ3) is 6.03. The van der Waals surface area contributed by atoms with Crippen molar-refractivity contribution in [3.05, 3.63) is 216 Å². The van der Waals surface area contributed by atoms with Gasteiger partial charge in [0.1, 0.15) is 0 Å². The van der Waals surface area contributed by atoms with Crippen molar-refractivity contribution in [1.29, 1.82) is 0 Å². The van der Waals surface area contributed by atoms with Gasteiger partial charge in [-0.25, -0.2) is 0 Å². The van der Waals surface area contributed by atoms with E-state index in [-0.39, 0.29) is 11.6 Å². The second-order valence-corrected chi connectivity index (χ2v) is 15.9. The van der Waals surface area contributed by atoms with E-state index in [0.29, 0.717) is 6.54 Å². The van der Waals surface area contributed by atoms with Gasteiger partial charge in [-0.1, -0.05) is 196 Å². The topological polar surface area (TPSA) is 50.1 Å². The van der Waals surface area contributed by atoms with Crippen LogP contribution in [-0.4, -0.2) is 0 Å². The van der Waals surface area contributed by atoms with Gasteiger partial charge in [0, 0.05) is 12.0 Å². The Morgan fingerprint density at radius 2 is 1.11 bits per heavy atom. The lowest BCUT2D eigenvalue weighted by molar-refractivity contribution is 0.387. The van der Waals surface area contributed by atoms with Crippen LogP contribution < -0.4 is 16.4 Å². The summed E-state index contributed by atoms with van der Waals surface area (Å²) in [5, 5.41) is 15.4. The number of nitrogens with two attached hydrogens (primary N) is 1. The van der Waals surface area contributed by atoms with E-state index in [1.54, 1.807) is 0 Å². The number of benzene rings is 9. The van der Waals surface area contributed by atoms with Gasteiger partial charge in [-0.05, 0) is 99.6 Å². The van der Waals surface area contributed by atoms with Gasteiger partial charge in [0.05, 0.1) is 12.3 Å². The number of rotatable bonds is 9. The first kappa shape index (κ1) is 35.1.